The SMILES string of the molecule is CN(CC(=O)N(C)C)Cc1nc2scc(-c3ccc(F)cc3)c2c(=O)[nH]1. The number of carbonyl (C=O) groups is 1. The number of hydrogen-bond acceptors (Lipinski definition) is 5. The fourth-order valence-electron chi connectivity index (χ4n) is 2.59. The van der Waals surface area contributed by atoms with Gasteiger partial charge in [-0.25, -0.2) is 9.37 Å². The molecule has 2 aromatic heterocycles. The Hall–Kier alpha value is -2.58. The van der Waals surface area contributed by atoms with Gasteiger partial charge in [0.2, 0.25) is 5.91 Å². The highest BCUT2D eigenvalue weighted by Gasteiger charge is 2.15. The van der Waals surface area contributed by atoms with Gasteiger partial charge in [-0.05, 0) is 24.7 Å². The smallest absolute Gasteiger partial charge is 0.260 e. The summed E-state index contributed by atoms with van der Waals surface area (Å²) in [6.07, 6.45) is 0. The van der Waals surface area contributed by atoms with E-state index in [1.807, 2.05) is 5.38 Å². The first kappa shape index (κ1) is 18.2. The predicted molar refractivity (Wildman–Crippen MR) is 101 cm³/mol. The summed E-state index contributed by atoms with van der Waals surface area (Å²) in [7, 11) is 5.19. The van der Waals surface area contributed by atoms with Crippen LogP contribution in [0.1, 0.15) is 5.82 Å². The molecule has 26 heavy (non-hydrogen) atoms. The summed E-state index contributed by atoms with van der Waals surface area (Å²) in [5.74, 6) is 0.160. The molecule has 0 spiro atoms. The lowest BCUT2D eigenvalue weighted by Crippen LogP contribution is -2.34. The minimum absolute atomic E-state index is 0.0226. The van der Waals surface area contributed by atoms with Gasteiger partial charge in [0.05, 0.1) is 18.5 Å². The third-order valence-electron chi connectivity index (χ3n) is 3.97. The van der Waals surface area contributed by atoms with Crippen LogP contribution in [-0.2, 0) is 11.3 Å². The maximum atomic E-state index is 13.1. The Kier molecular flexibility index (Phi) is 5.15. The van der Waals surface area contributed by atoms with Crippen LogP contribution in [0, 0.1) is 5.82 Å². The molecular formula is C18H19FN4O2S. The van der Waals surface area contributed by atoms with Crippen molar-refractivity contribution in [1.82, 2.24) is 19.8 Å². The van der Waals surface area contributed by atoms with Gasteiger partial charge in [-0.15, -0.1) is 11.3 Å². The number of H-pyrrole nitrogens is 1. The van der Waals surface area contributed by atoms with Crippen LogP contribution in [0.4, 0.5) is 4.39 Å². The highest BCUT2D eigenvalue weighted by atomic mass is 32.1. The molecule has 8 heteroatoms. The molecular weight excluding hydrogens is 355 g/mol. The average molecular weight is 374 g/mol. The number of nitrogens with zero attached hydrogens (tertiary/aromatic N) is 3. The van der Waals surface area contributed by atoms with Gasteiger partial charge in [-0.2, -0.15) is 0 Å². The molecule has 0 aliphatic heterocycles. The van der Waals surface area contributed by atoms with E-state index in [2.05, 4.69) is 9.97 Å². The molecule has 0 radical (unpaired) electrons. The van der Waals surface area contributed by atoms with Crippen molar-refractivity contribution in [2.75, 3.05) is 27.7 Å². The third kappa shape index (κ3) is 3.81. The van der Waals surface area contributed by atoms with Gasteiger partial charge >= 0.3 is 0 Å². The molecule has 0 bridgehead atoms. The van der Waals surface area contributed by atoms with Gasteiger partial charge in [0, 0.05) is 25.0 Å². The van der Waals surface area contributed by atoms with Gasteiger partial charge in [0.1, 0.15) is 16.5 Å². The largest absolute Gasteiger partial charge is 0.348 e. The first-order valence-corrected chi connectivity index (χ1v) is 8.88. The van der Waals surface area contributed by atoms with E-state index in [0.29, 0.717) is 22.6 Å². The number of amides is 1. The van der Waals surface area contributed by atoms with Crippen molar-refractivity contribution in [3.8, 4) is 11.1 Å². The molecule has 3 rings (SSSR count). The molecule has 0 atom stereocenters. The number of thiophene rings is 1. The minimum Gasteiger partial charge on any atom is -0.348 e. The lowest BCUT2D eigenvalue weighted by molar-refractivity contribution is -0.129. The van der Waals surface area contributed by atoms with Crippen molar-refractivity contribution in [2.45, 2.75) is 6.54 Å². The molecule has 1 amide bonds. The van der Waals surface area contributed by atoms with Crippen LogP contribution in [0.25, 0.3) is 21.3 Å². The minimum atomic E-state index is -0.321. The van der Waals surface area contributed by atoms with Crippen molar-refractivity contribution < 1.29 is 9.18 Å². The summed E-state index contributed by atoms with van der Waals surface area (Å²) >= 11 is 1.37. The number of aromatic amines is 1. The second-order valence-electron chi connectivity index (χ2n) is 6.31. The zero-order chi connectivity index (χ0) is 18.8. The zero-order valence-corrected chi connectivity index (χ0v) is 15.6. The number of carbonyl (C=O) groups excluding carboxylic acids is 1. The predicted octanol–water partition coefficient (Wildman–Crippen LogP) is 2.31. The monoisotopic (exact) mass is 374 g/mol. The van der Waals surface area contributed by atoms with Crippen LogP contribution in [0.5, 0.6) is 0 Å². The topological polar surface area (TPSA) is 69.3 Å². The number of benzene rings is 1. The van der Waals surface area contributed by atoms with Crippen molar-refractivity contribution in [1.29, 1.82) is 0 Å². The van der Waals surface area contributed by atoms with E-state index in [4.69, 9.17) is 0 Å². The molecule has 0 saturated heterocycles. The molecule has 6 nitrogen and oxygen atoms in total. The Labute approximate surface area is 153 Å². The number of rotatable bonds is 5. The summed E-state index contributed by atoms with van der Waals surface area (Å²) in [5.41, 5.74) is 1.27. The Morgan fingerprint density at radius 1 is 1.23 bits per heavy atom. The van der Waals surface area contributed by atoms with E-state index in [9.17, 15) is 14.0 Å². The second-order valence-corrected chi connectivity index (χ2v) is 7.17. The average Bonchev–Trinajstić information content (AvgIpc) is 2.99. The van der Waals surface area contributed by atoms with Crippen LogP contribution in [-0.4, -0.2) is 53.4 Å². The third-order valence-corrected chi connectivity index (χ3v) is 4.84. The van der Waals surface area contributed by atoms with E-state index >= 15 is 0 Å². The van der Waals surface area contributed by atoms with Gasteiger partial charge in [0.15, 0.2) is 0 Å². The Morgan fingerprint density at radius 2 is 1.92 bits per heavy atom. The molecule has 0 saturated carbocycles. The molecule has 0 fully saturated rings. The standard InChI is InChI=1S/C18H19FN4O2S/c1-22(2)15(24)9-23(3)8-14-20-17(25)16-13(10-26-18(16)21-14)11-4-6-12(19)7-5-11/h4-7,10H,8-9H2,1-3H3,(H,20,21,25). The van der Waals surface area contributed by atoms with Crippen LogP contribution < -0.4 is 5.56 Å². The summed E-state index contributed by atoms with van der Waals surface area (Å²) in [4.78, 5) is 35.6. The van der Waals surface area contributed by atoms with Crippen molar-refractivity contribution in [2.24, 2.45) is 0 Å². The fraction of sp³-hybridized carbons (Fsp3) is 0.278. The normalized spacial score (nSPS) is 11.3. The highest BCUT2D eigenvalue weighted by Crippen LogP contribution is 2.30. The first-order valence-electron chi connectivity index (χ1n) is 8.00. The quantitative estimate of drug-likeness (QED) is 0.744. The number of hydrogen-bond donors (Lipinski definition) is 1. The second kappa shape index (κ2) is 7.35. The van der Waals surface area contributed by atoms with Crippen LogP contribution in [0.2, 0.25) is 0 Å². The molecule has 0 aliphatic rings. The van der Waals surface area contributed by atoms with E-state index in [0.717, 1.165) is 11.1 Å². The van der Waals surface area contributed by atoms with E-state index < -0.39 is 0 Å². The van der Waals surface area contributed by atoms with Crippen molar-refractivity contribution in [3.05, 3.63) is 51.6 Å². The number of likely N-dealkylation sites (N-methyl/N-ethyl adjacent to an activating group) is 2. The Morgan fingerprint density at radius 3 is 2.58 bits per heavy atom. The molecule has 136 valence electrons. The van der Waals surface area contributed by atoms with Crippen LogP contribution in [0.3, 0.4) is 0 Å². The molecule has 2 heterocycles. The molecule has 1 aromatic carbocycles. The molecule has 0 aliphatic carbocycles. The number of aromatic nitrogens is 2. The zero-order valence-electron chi connectivity index (χ0n) is 14.7. The molecule has 0 unspecified atom stereocenters. The Balaban J connectivity index is 1.89. The molecule has 1 N–H and O–H groups in total. The molecule has 3 aromatic rings. The summed E-state index contributed by atoms with van der Waals surface area (Å²) in [5, 5.41) is 2.35. The Bertz CT molecular complexity index is 995. The van der Waals surface area contributed by atoms with Gasteiger partial charge in [0.25, 0.3) is 5.56 Å². The number of fused-ring (bicyclic) bond motifs is 1. The fourth-order valence-corrected chi connectivity index (χ4v) is 3.56. The number of nitrogens with one attached hydrogen (secondary N) is 1. The van der Waals surface area contributed by atoms with Gasteiger partial charge in [-0.1, -0.05) is 12.1 Å². The van der Waals surface area contributed by atoms with E-state index in [1.165, 1.54) is 28.4 Å². The van der Waals surface area contributed by atoms with Gasteiger partial charge < -0.3 is 9.88 Å². The van der Waals surface area contributed by atoms with Crippen LogP contribution >= 0.6 is 11.3 Å². The lowest BCUT2D eigenvalue weighted by atomic mass is 10.1. The highest BCUT2D eigenvalue weighted by molar-refractivity contribution is 7.17. The van der Waals surface area contributed by atoms with Crippen molar-refractivity contribution >= 4 is 27.5 Å². The first-order chi connectivity index (χ1) is 12.3. The van der Waals surface area contributed by atoms with Gasteiger partial charge in [-0.3, -0.25) is 14.5 Å². The van der Waals surface area contributed by atoms with Crippen LogP contribution in [0.15, 0.2) is 34.4 Å². The lowest BCUT2D eigenvalue weighted by Gasteiger charge is -2.18. The number of halogens is 1. The summed E-state index contributed by atoms with van der Waals surface area (Å²) < 4.78 is 13.1. The van der Waals surface area contributed by atoms with E-state index in [-0.39, 0.29) is 23.8 Å². The van der Waals surface area contributed by atoms with Crippen molar-refractivity contribution in [3.63, 3.8) is 0 Å². The van der Waals surface area contributed by atoms with E-state index in [1.54, 1.807) is 38.2 Å². The maximum absolute atomic E-state index is 13.1. The summed E-state index contributed by atoms with van der Waals surface area (Å²) in [6, 6.07) is 6.02. The summed E-state index contributed by atoms with van der Waals surface area (Å²) in [6.45, 7) is 0.592. The maximum Gasteiger partial charge on any atom is 0.260 e.